The van der Waals surface area contributed by atoms with Gasteiger partial charge in [-0.15, -0.1) is 0 Å². The van der Waals surface area contributed by atoms with Crippen LogP contribution in [0.15, 0.2) is 164 Å². The Morgan fingerprint density at radius 1 is 0.327 bits per heavy atom. The van der Waals surface area contributed by atoms with Gasteiger partial charge in [0.15, 0.2) is 0 Å². The molecule has 2 aliphatic rings. The van der Waals surface area contributed by atoms with E-state index in [0.29, 0.717) is 0 Å². The Morgan fingerprint density at radius 3 is 1.45 bits per heavy atom. The number of fused-ring (bicyclic) bond motifs is 6. The standard InChI is InChI=1S/C48H39N/c1-47(2)40-23-15-14-22-38(40)45-42(47)31-43-46(44(45)34-18-10-6-11-19-34)39-29-28-37(30-41(39)48(43,3)4)49(35-20-12-7-13-21-35)36-26-24-33(25-27-36)32-16-8-5-9-17-32/h5-31H,1-4H3. The van der Waals surface area contributed by atoms with Crippen LogP contribution in [0.4, 0.5) is 17.1 Å². The van der Waals surface area contributed by atoms with E-state index >= 15 is 0 Å². The Morgan fingerprint density at radius 2 is 0.796 bits per heavy atom. The molecule has 0 atom stereocenters. The molecule has 7 aromatic rings. The molecule has 236 valence electrons. The van der Waals surface area contributed by atoms with Gasteiger partial charge in [-0.3, -0.25) is 0 Å². The molecule has 0 aliphatic heterocycles. The number of hydrogen-bond acceptors (Lipinski definition) is 1. The summed E-state index contributed by atoms with van der Waals surface area (Å²) >= 11 is 0. The maximum Gasteiger partial charge on any atom is 0.0465 e. The summed E-state index contributed by atoms with van der Waals surface area (Å²) in [5, 5.41) is 0. The SMILES string of the molecule is CC1(C)c2ccccc2-c2c1cc1c(c2-c2ccccc2)-c2ccc(N(c3ccccc3)c3ccc(-c4ccccc4)cc3)cc2C1(C)C. The highest BCUT2D eigenvalue weighted by Crippen LogP contribution is 2.61. The van der Waals surface area contributed by atoms with Crippen molar-refractivity contribution in [2.45, 2.75) is 38.5 Å². The molecular weight excluding hydrogens is 591 g/mol. The van der Waals surface area contributed by atoms with E-state index < -0.39 is 0 Å². The predicted molar refractivity (Wildman–Crippen MR) is 207 cm³/mol. The molecule has 1 nitrogen and oxygen atoms in total. The molecule has 1 heteroatoms. The first-order chi connectivity index (χ1) is 23.8. The van der Waals surface area contributed by atoms with Crippen LogP contribution in [0.5, 0.6) is 0 Å². The summed E-state index contributed by atoms with van der Waals surface area (Å²) in [7, 11) is 0. The smallest absolute Gasteiger partial charge is 0.0465 e. The fourth-order valence-corrected chi connectivity index (χ4v) is 8.52. The molecule has 0 aromatic heterocycles. The van der Waals surface area contributed by atoms with Crippen molar-refractivity contribution in [1.29, 1.82) is 0 Å². The largest absolute Gasteiger partial charge is 0.310 e. The minimum Gasteiger partial charge on any atom is -0.310 e. The summed E-state index contributed by atoms with van der Waals surface area (Å²) in [4.78, 5) is 2.39. The van der Waals surface area contributed by atoms with Crippen LogP contribution >= 0.6 is 0 Å². The minimum absolute atomic E-state index is 0.0868. The Hall–Kier alpha value is -5.66. The Kier molecular flexibility index (Phi) is 6.58. The van der Waals surface area contributed by atoms with Gasteiger partial charge in [0.25, 0.3) is 0 Å². The van der Waals surface area contributed by atoms with Crippen LogP contribution in [0.25, 0.3) is 44.5 Å². The lowest BCUT2D eigenvalue weighted by molar-refractivity contribution is 0.639. The van der Waals surface area contributed by atoms with Gasteiger partial charge < -0.3 is 4.90 Å². The Bertz CT molecular complexity index is 2350. The van der Waals surface area contributed by atoms with Crippen LogP contribution in [0.1, 0.15) is 49.9 Å². The zero-order valence-electron chi connectivity index (χ0n) is 28.5. The van der Waals surface area contributed by atoms with Crippen LogP contribution in [-0.2, 0) is 10.8 Å². The molecule has 0 amide bonds. The fourth-order valence-electron chi connectivity index (χ4n) is 8.52. The topological polar surface area (TPSA) is 3.24 Å². The molecule has 9 rings (SSSR count). The van der Waals surface area contributed by atoms with Gasteiger partial charge in [0.2, 0.25) is 0 Å². The lowest BCUT2D eigenvalue weighted by atomic mass is 9.76. The van der Waals surface area contributed by atoms with Gasteiger partial charge in [0, 0.05) is 27.9 Å². The van der Waals surface area contributed by atoms with E-state index in [0.717, 1.165) is 17.1 Å². The van der Waals surface area contributed by atoms with Crippen molar-refractivity contribution in [3.8, 4) is 44.5 Å². The number of nitrogens with zero attached hydrogens (tertiary/aromatic N) is 1. The van der Waals surface area contributed by atoms with Gasteiger partial charge in [-0.1, -0.05) is 155 Å². The van der Waals surface area contributed by atoms with Gasteiger partial charge in [-0.05, 0) is 103 Å². The van der Waals surface area contributed by atoms with Crippen molar-refractivity contribution in [2.24, 2.45) is 0 Å². The maximum absolute atomic E-state index is 2.55. The van der Waals surface area contributed by atoms with E-state index in [4.69, 9.17) is 0 Å². The fraction of sp³-hybridized carbons (Fsp3) is 0.125. The van der Waals surface area contributed by atoms with Crippen molar-refractivity contribution in [3.05, 3.63) is 186 Å². The van der Waals surface area contributed by atoms with Crippen molar-refractivity contribution in [2.75, 3.05) is 4.90 Å². The van der Waals surface area contributed by atoms with Crippen LogP contribution in [-0.4, -0.2) is 0 Å². The second kappa shape index (κ2) is 10.9. The average Bonchev–Trinajstić information content (AvgIpc) is 3.51. The number of para-hydroxylation sites is 1. The molecule has 0 N–H and O–H groups in total. The van der Waals surface area contributed by atoms with Crippen molar-refractivity contribution < 1.29 is 0 Å². The van der Waals surface area contributed by atoms with Crippen molar-refractivity contribution in [1.82, 2.24) is 0 Å². The highest BCUT2D eigenvalue weighted by Gasteiger charge is 2.44. The number of rotatable bonds is 5. The molecule has 0 spiro atoms. The highest BCUT2D eigenvalue weighted by molar-refractivity contribution is 6.04. The third kappa shape index (κ3) is 4.46. The number of anilines is 3. The van der Waals surface area contributed by atoms with Gasteiger partial charge in [-0.2, -0.15) is 0 Å². The van der Waals surface area contributed by atoms with Gasteiger partial charge >= 0.3 is 0 Å². The lowest BCUT2D eigenvalue weighted by Crippen LogP contribution is -2.19. The Balaban J connectivity index is 1.25. The van der Waals surface area contributed by atoms with Gasteiger partial charge in [0.05, 0.1) is 0 Å². The van der Waals surface area contributed by atoms with Gasteiger partial charge in [-0.25, -0.2) is 0 Å². The zero-order valence-corrected chi connectivity index (χ0v) is 28.5. The van der Waals surface area contributed by atoms with Crippen molar-refractivity contribution in [3.63, 3.8) is 0 Å². The normalized spacial score (nSPS) is 14.4. The van der Waals surface area contributed by atoms with E-state index in [9.17, 15) is 0 Å². The molecule has 49 heavy (non-hydrogen) atoms. The summed E-state index contributed by atoms with van der Waals surface area (Å²) < 4.78 is 0. The first-order valence-electron chi connectivity index (χ1n) is 17.4. The lowest BCUT2D eigenvalue weighted by Gasteiger charge is -2.29. The molecule has 0 unspecified atom stereocenters. The van der Waals surface area contributed by atoms with E-state index in [1.54, 1.807) is 0 Å². The first-order valence-corrected chi connectivity index (χ1v) is 17.4. The zero-order chi connectivity index (χ0) is 33.3. The second-order valence-corrected chi connectivity index (χ2v) is 14.6. The molecular formula is C48H39N. The summed E-state index contributed by atoms with van der Waals surface area (Å²) in [6.07, 6.45) is 0. The molecule has 0 saturated carbocycles. The minimum atomic E-state index is -0.191. The van der Waals surface area contributed by atoms with Crippen LogP contribution in [0.2, 0.25) is 0 Å². The molecule has 0 bridgehead atoms. The van der Waals surface area contributed by atoms with Crippen LogP contribution in [0.3, 0.4) is 0 Å². The monoisotopic (exact) mass is 629 g/mol. The predicted octanol–water partition coefficient (Wildman–Crippen LogP) is 13.1. The van der Waals surface area contributed by atoms with E-state index in [2.05, 4.69) is 196 Å². The van der Waals surface area contributed by atoms with Crippen LogP contribution < -0.4 is 4.90 Å². The first kappa shape index (κ1) is 29.5. The van der Waals surface area contributed by atoms with Crippen molar-refractivity contribution >= 4 is 17.1 Å². The van der Waals surface area contributed by atoms with E-state index in [1.807, 2.05) is 0 Å². The summed E-state index contributed by atoms with van der Waals surface area (Å²) in [6.45, 7) is 9.62. The van der Waals surface area contributed by atoms with E-state index in [-0.39, 0.29) is 10.8 Å². The second-order valence-electron chi connectivity index (χ2n) is 14.6. The summed E-state index contributed by atoms with van der Waals surface area (Å²) in [5.41, 5.74) is 19.3. The quantitative estimate of drug-likeness (QED) is 0.183. The molecule has 2 aliphatic carbocycles. The van der Waals surface area contributed by atoms with E-state index in [1.165, 1.54) is 66.8 Å². The maximum atomic E-state index is 2.55. The number of benzene rings is 7. The molecule has 0 fully saturated rings. The third-order valence-corrected chi connectivity index (χ3v) is 11.1. The van der Waals surface area contributed by atoms with Gasteiger partial charge in [0.1, 0.15) is 0 Å². The molecule has 7 aromatic carbocycles. The molecule has 0 radical (unpaired) electrons. The summed E-state index contributed by atoms with van der Waals surface area (Å²) in [6, 6.07) is 60.1. The average molecular weight is 630 g/mol. The van der Waals surface area contributed by atoms with Crippen LogP contribution in [0, 0.1) is 0 Å². The molecule has 0 heterocycles. The highest BCUT2D eigenvalue weighted by atomic mass is 15.1. The molecule has 0 saturated heterocycles. The number of hydrogen-bond donors (Lipinski definition) is 0. The summed E-state index contributed by atoms with van der Waals surface area (Å²) in [5.74, 6) is 0. The Labute approximate surface area is 290 Å². The third-order valence-electron chi connectivity index (χ3n) is 11.1.